The van der Waals surface area contributed by atoms with E-state index in [1.807, 2.05) is 0 Å². The fourth-order valence-corrected chi connectivity index (χ4v) is 3.17. The Labute approximate surface area is 187 Å². The van der Waals surface area contributed by atoms with Crippen molar-refractivity contribution in [2.24, 2.45) is 0 Å². The van der Waals surface area contributed by atoms with E-state index < -0.39 is 41.1 Å². The highest BCUT2D eigenvalue weighted by molar-refractivity contribution is 6.35. The summed E-state index contributed by atoms with van der Waals surface area (Å²) < 4.78 is 9.73. The number of ether oxygens (including phenoxy) is 2. The number of non-ortho nitro benzene ring substituents is 1. The molecule has 2 aromatic rings. The van der Waals surface area contributed by atoms with Crippen LogP contribution in [0.3, 0.4) is 0 Å². The van der Waals surface area contributed by atoms with E-state index in [1.165, 1.54) is 6.07 Å². The molecule has 11 heteroatoms. The predicted molar refractivity (Wildman–Crippen MR) is 112 cm³/mol. The van der Waals surface area contributed by atoms with E-state index in [1.54, 1.807) is 26.0 Å². The van der Waals surface area contributed by atoms with Crippen molar-refractivity contribution in [1.82, 2.24) is 5.32 Å². The van der Waals surface area contributed by atoms with Crippen LogP contribution in [0, 0.1) is 10.1 Å². The predicted octanol–water partition coefficient (Wildman–Crippen LogP) is 4.11. The lowest BCUT2D eigenvalue weighted by Gasteiger charge is -2.16. The van der Waals surface area contributed by atoms with Crippen molar-refractivity contribution < 1.29 is 28.8 Å². The molecule has 0 aliphatic carbocycles. The fourth-order valence-electron chi connectivity index (χ4n) is 2.59. The minimum absolute atomic E-state index is 0.0529. The first-order chi connectivity index (χ1) is 14.6. The number of hydrogen-bond donors (Lipinski definition) is 1. The van der Waals surface area contributed by atoms with Crippen LogP contribution >= 0.6 is 23.2 Å². The molecule has 2 aromatic carbocycles. The minimum atomic E-state index is -1.01. The van der Waals surface area contributed by atoms with E-state index in [9.17, 15) is 24.5 Å². The molecule has 31 heavy (non-hydrogen) atoms. The van der Waals surface area contributed by atoms with E-state index in [0.717, 1.165) is 18.2 Å². The first-order valence-electron chi connectivity index (χ1n) is 9.00. The third kappa shape index (κ3) is 6.66. The molecule has 2 rings (SSSR count). The third-order valence-electron chi connectivity index (χ3n) is 4.02. The molecule has 0 saturated carbocycles. The van der Waals surface area contributed by atoms with Crippen LogP contribution in [0.5, 0.6) is 0 Å². The molecule has 164 valence electrons. The Morgan fingerprint density at radius 3 is 2.23 bits per heavy atom. The monoisotopic (exact) mass is 468 g/mol. The van der Waals surface area contributed by atoms with Crippen molar-refractivity contribution >= 4 is 46.7 Å². The molecule has 0 spiro atoms. The van der Waals surface area contributed by atoms with Crippen LogP contribution < -0.4 is 5.32 Å². The standard InChI is InChI=1S/C20H18Cl2N2O7/c1-3-30-19(26)12-6-13(8-15(7-12)24(28)29)20(27)31-10-18(25)23-11(2)16-5-4-14(21)9-17(16)22/h4-9,11H,3,10H2,1-2H3,(H,23,25). The van der Waals surface area contributed by atoms with Crippen LogP contribution in [0.15, 0.2) is 36.4 Å². The summed E-state index contributed by atoms with van der Waals surface area (Å²) in [5.74, 6) is -2.46. The summed E-state index contributed by atoms with van der Waals surface area (Å²) in [5, 5.41) is 14.5. The van der Waals surface area contributed by atoms with Crippen LogP contribution in [0.2, 0.25) is 10.0 Å². The Bertz CT molecular complexity index is 1030. The molecule has 0 heterocycles. The Morgan fingerprint density at radius 1 is 1.06 bits per heavy atom. The summed E-state index contributed by atoms with van der Waals surface area (Å²) in [6, 6.07) is 7.34. The largest absolute Gasteiger partial charge is 0.462 e. The van der Waals surface area contributed by atoms with Gasteiger partial charge in [0.2, 0.25) is 0 Å². The second-order valence-electron chi connectivity index (χ2n) is 6.28. The Morgan fingerprint density at radius 2 is 1.68 bits per heavy atom. The molecule has 0 fully saturated rings. The van der Waals surface area contributed by atoms with Gasteiger partial charge in [-0.1, -0.05) is 29.3 Å². The van der Waals surface area contributed by atoms with Crippen LogP contribution in [0.25, 0.3) is 0 Å². The van der Waals surface area contributed by atoms with Crippen LogP contribution in [-0.2, 0) is 14.3 Å². The summed E-state index contributed by atoms with van der Waals surface area (Å²) in [6.07, 6.45) is 0. The van der Waals surface area contributed by atoms with Crippen molar-refractivity contribution in [3.8, 4) is 0 Å². The van der Waals surface area contributed by atoms with E-state index in [0.29, 0.717) is 15.6 Å². The number of amides is 1. The number of hydrogen-bond acceptors (Lipinski definition) is 7. The zero-order valence-corrected chi connectivity index (χ0v) is 18.0. The summed E-state index contributed by atoms with van der Waals surface area (Å²) >= 11 is 12.0. The molecule has 0 radical (unpaired) electrons. The second-order valence-corrected chi connectivity index (χ2v) is 7.12. The van der Waals surface area contributed by atoms with E-state index in [-0.39, 0.29) is 17.7 Å². The van der Waals surface area contributed by atoms with Gasteiger partial charge in [0, 0.05) is 22.2 Å². The number of nitro groups is 1. The number of nitrogens with one attached hydrogen (secondary N) is 1. The zero-order chi connectivity index (χ0) is 23.1. The summed E-state index contributed by atoms with van der Waals surface area (Å²) in [4.78, 5) is 46.6. The van der Waals surface area contributed by atoms with Gasteiger partial charge >= 0.3 is 11.9 Å². The van der Waals surface area contributed by atoms with Gasteiger partial charge in [0.1, 0.15) is 0 Å². The van der Waals surface area contributed by atoms with Crippen molar-refractivity contribution in [2.75, 3.05) is 13.2 Å². The number of carbonyl (C=O) groups excluding carboxylic acids is 3. The Balaban J connectivity index is 2.06. The Kier molecular flexibility index (Phi) is 8.35. The highest BCUT2D eigenvalue weighted by Gasteiger charge is 2.21. The lowest BCUT2D eigenvalue weighted by atomic mass is 10.1. The molecule has 0 aromatic heterocycles. The van der Waals surface area contributed by atoms with Gasteiger partial charge in [0.05, 0.1) is 28.7 Å². The molecule has 1 N–H and O–H groups in total. The van der Waals surface area contributed by atoms with E-state index in [2.05, 4.69) is 5.32 Å². The topological polar surface area (TPSA) is 125 Å². The highest BCUT2D eigenvalue weighted by atomic mass is 35.5. The summed E-state index contributed by atoms with van der Waals surface area (Å²) in [6.45, 7) is 2.66. The quantitative estimate of drug-likeness (QED) is 0.350. The molecule has 0 aliphatic heterocycles. The summed E-state index contributed by atoms with van der Waals surface area (Å²) in [7, 11) is 0. The average Bonchev–Trinajstić information content (AvgIpc) is 2.71. The van der Waals surface area contributed by atoms with Gasteiger partial charge in [-0.05, 0) is 37.6 Å². The lowest BCUT2D eigenvalue weighted by Crippen LogP contribution is -2.31. The maximum absolute atomic E-state index is 12.3. The number of rotatable bonds is 8. The fraction of sp³-hybridized carbons (Fsp3) is 0.250. The first-order valence-corrected chi connectivity index (χ1v) is 9.76. The van der Waals surface area contributed by atoms with Gasteiger partial charge in [-0.25, -0.2) is 9.59 Å². The maximum Gasteiger partial charge on any atom is 0.338 e. The molecule has 1 atom stereocenters. The van der Waals surface area contributed by atoms with Gasteiger partial charge < -0.3 is 14.8 Å². The Hall–Kier alpha value is -3.17. The normalized spacial score (nSPS) is 11.4. The molecular formula is C20H18Cl2N2O7. The minimum Gasteiger partial charge on any atom is -0.462 e. The second kappa shape index (κ2) is 10.7. The van der Waals surface area contributed by atoms with Gasteiger partial charge in [0.15, 0.2) is 6.61 Å². The SMILES string of the molecule is CCOC(=O)c1cc(C(=O)OCC(=O)NC(C)c2ccc(Cl)cc2Cl)cc([N+](=O)[O-])c1. The van der Waals surface area contributed by atoms with Crippen molar-refractivity contribution in [1.29, 1.82) is 0 Å². The zero-order valence-electron chi connectivity index (χ0n) is 16.5. The van der Waals surface area contributed by atoms with Crippen molar-refractivity contribution in [3.05, 3.63) is 73.2 Å². The number of esters is 2. The van der Waals surface area contributed by atoms with Gasteiger partial charge in [-0.2, -0.15) is 0 Å². The first kappa shape index (κ1) is 24.1. The number of nitrogens with zero attached hydrogens (tertiary/aromatic N) is 1. The van der Waals surface area contributed by atoms with Crippen LogP contribution in [-0.4, -0.2) is 36.0 Å². The van der Waals surface area contributed by atoms with E-state index >= 15 is 0 Å². The average molecular weight is 469 g/mol. The van der Waals surface area contributed by atoms with Gasteiger partial charge in [-0.15, -0.1) is 0 Å². The van der Waals surface area contributed by atoms with Gasteiger partial charge in [0.25, 0.3) is 11.6 Å². The third-order valence-corrected chi connectivity index (χ3v) is 4.58. The maximum atomic E-state index is 12.3. The van der Waals surface area contributed by atoms with Crippen LogP contribution in [0.4, 0.5) is 5.69 Å². The number of halogens is 2. The number of benzene rings is 2. The number of nitro benzene ring substituents is 1. The van der Waals surface area contributed by atoms with Crippen molar-refractivity contribution in [3.63, 3.8) is 0 Å². The molecule has 1 amide bonds. The number of carbonyl (C=O) groups is 3. The molecular weight excluding hydrogens is 451 g/mol. The molecule has 0 saturated heterocycles. The molecule has 0 aliphatic rings. The molecule has 0 bridgehead atoms. The van der Waals surface area contributed by atoms with Gasteiger partial charge in [-0.3, -0.25) is 14.9 Å². The molecule has 9 nitrogen and oxygen atoms in total. The van der Waals surface area contributed by atoms with Crippen molar-refractivity contribution in [2.45, 2.75) is 19.9 Å². The van der Waals surface area contributed by atoms with E-state index in [4.69, 9.17) is 32.7 Å². The molecule has 1 unspecified atom stereocenters. The smallest absolute Gasteiger partial charge is 0.338 e. The van der Waals surface area contributed by atoms with Crippen LogP contribution in [0.1, 0.15) is 46.2 Å². The highest BCUT2D eigenvalue weighted by Crippen LogP contribution is 2.26. The lowest BCUT2D eigenvalue weighted by molar-refractivity contribution is -0.384. The summed E-state index contributed by atoms with van der Waals surface area (Å²) in [5.41, 5.74) is -0.325.